The number of carbonyl (C=O) groups excluding carboxylic acids is 4. The number of thioether (sulfide) groups is 1. The van der Waals surface area contributed by atoms with Gasteiger partial charge in [-0.2, -0.15) is 11.8 Å². The molecule has 0 radical (unpaired) electrons. The first-order valence-electron chi connectivity index (χ1n) is 8.38. The van der Waals surface area contributed by atoms with Crippen molar-refractivity contribution in [1.29, 1.82) is 0 Å². The Kier molecular flexibility index (Phi) is 5.63. The number of nitrogens with one attached hydrogen (secondary N) is 2. The number of hydroxylamine groups is 2. The van der Waals surface area contributed by atoms with Gasteiger partial charge in [0.25, 0.3) is 11.8 Å². The lowest BCUT2D eigenvalue weighted by molar-refractivity contribution is -0.197. The number of rotatable bonds is 7. The number of hydrogen-bond donors (Lipinski definition) is 2. The number of unbranched alkanes of at least 4 members (excludes halogenated alkanes) is 1. The van der Waals surface area contributed by atoms with Crippen LogP contribution in [0.3, 0.4) is 0 Å². The average Bonchev–Trinajstić information content (AvgIpc) is 3.19. The lowest BCUT2D eigenvalue weighted by Crippen LogP contribution is -2.37. The zero-order valence-electron chi connectivity index (χ0n) is 14.1. The molecule has 0 spiro atoms. The third-order valence-corrected chi connectivity index (χ3v) is 7.24. The minimum absolute atomic E-state index is 0.0675. The van der Waals surface area contributed by atoms with Gasteiger partial charge < -0.3 is 20.0 Å². The molecule has 3 aliphatic heterocycles. The molecule has 150 valence electrons. The second-order valence-electron chi connectivity index (χ2n) is 6.54. The van der Waals surface area contributed by atoms with Crippen LogP contribution in [0.2, 0.25) is 0 Å². The molecule has 4 unspecified atom stereocenters. The minimum atomic E-state index is -4.99. The van der Waals surface area contributed by atoms with Crippen LogP contribution < -0.4 is 10.6 Å². The summed E-state index contributed by atoms with van der Waals surface area (Å²) >= 11 is 1.75. The molecule has 0 bridgehead atoms. The Morgan fingerprint density at radius 1 is 1.26 bits per heavy atom. The molecule has 3 rings (SSSR count). The molecular weight excluding hydrogens is 402 g/mol. The van der Waals surface area contributed by atoms with Crippen LogP contribution in [0.4, 0.5) is 4.79 Å². The van der Waals surface area contributed by atoms with Gasteiger partial charge in [0.1, 0.15) is 15.4 Å². The van der Waals surface area contributed by atoms with E-state index in [4.69, 9.17) is 0 Å². The number of nitrogens with zero attached hydrogens (tertiary/aromatic N) is 1. The molecule has 0 aromatic rings. The first kappa shape index (κ1) is 19.9. The molecule has 3 saturated heterocycles. The second-order valence-corrected chi connectivity index (χ2v) is 9.37. The Morgan fingerprint density at radius 3 is 2.67 bits per heavy atom. The van der Waals surface area contributed by atoms with Gasteiger partial charge in [-0.1, -0.05) is 6.42 Å². The highest BCUT2D eigenvalue weighted by molar-refractivity contribution is 8.00. The van der Waals surface area contributed by atoms with E-state index in [1.807, 2.05) is 0 Å². The van der Waals surface area contributed by atoms with Crippen molar-refractivity contribution in [2.75, 3.05) is 5.75 Å². The van der Waals surface area contributed by atoms with Gasteiger partial charge in [0, 0.05) is 17.4 Å². The van der Waals surface area contributed by atoms with Crippen molar-refractivity contribution in [2.24, 2.45) is 0 Å². The molecule has 3 fully saturated rings. The Labute approximate surface area is 159 Å². The summed E-state index contributed by atoms with van der Waals surface area (Å²) in [5.41, 5.74) is 0. The summed E-state index contributed by atoms with van der Waals surface area (Å²) in [6.45, 7) is 0. The summed E-state index contributed by atoms with van der Waals surface area (Å²) < 4.78 is 32.8. The molecule has 13 heteroatoms. The van der Waals surface area contributed by atoms with Crippen molar-refractivity contribution in [2.45, 2.75) is 54.7 Å². The van der Waals surface area contributed by atoms with Gasteiger partial charge >= 0.3 is 12.0 Å². The molecule has 4 atom stereocenters. The maximum Gasteiger partial charge on any atom is 0.333 e. The highest BCUT2D eigenvalue weighted by Crippen LogP contribution is 2.33. The predicted octanol–water partition coefficient (Wildman–Crippen LogP) is -1.16. The molecule has 11 nitrogen and oxygen atoms in total. The average molecular weight is 420 g/mol. The van der Waals surface area contributed by atoms with Crippen molar-refractivity contribution < 1.29 is 37.0 Å². The largest absolute Gasteiger partial charge is 0.747 e. The van der Waals surface area contributed by atoms with E-state index in [1.54, 1.807) is 11.8 Å². The summed E-state index contributed by atoms with van der Waals surface area (Å²) in [6.07, 6.45) is 1.000. The fourth-order valence-corrected chi connectivity index (χ4v) is 5.54. The topological polar surface area (TPSA) is 162 Å². The molecule has 3 heterocycles. The summed E-state index contributed by atoms with van der Waals surface area (Å²) in [7, 11) is -4.99. The van der Waals surface area contributed by atoms with E-state index in [2.05, 4.69) is 15.5 Å². The zero-order chi connectivity index (χ0) is 19.8. The molecule has 0 aromatic heterocycles. The van der Waals surface area contributed by atoms with Crippen molar-refractivity contribution in [3.8, 4) is 0 Å². The Hall–Kier alpha value is -1.86. The van der Waals surface area contributed by atoms with E-state index >= 15 is 0 Å². The molecule has 2 N–H and O–H groups in total. The van der Waals surface area contributed by atoms with Gasteiger partial charge in [0.2, 0.25) is 0 Å². The minimum Gasteiger partial charge on any atom is -0.747 e. The van der Waals surface area contributed by atoms with Gasteiger partial charge in [-0.25, -0.2) is 18.0 Å². The monoisotopic (exact) mass is 420 g/mol. The lowest BCUT2D eigenvalue weighted by atomic mass is 10.0. The zero-order valence-corrected chi connectivity index (χ0v) is 15.7. The number of imide groups is 1. The van der Waals surface area contributed by atoms with Crippen molar-refractivity contribution in [1.82, 2.24) is 15.7 Å². The fourth-order valence-electron chi connectivity index (χ4n) is 3.31. The maximum atomic E-state index is 11.8. The molecule has 0 saturated carbocycles. The summed E-state index contributed by atoms with van der Waals surface area (Å²) in [6, 6.07) is 0.0207. The Morgan fingerprint density at radius 2 is 2.00 bits per heavy atom. The van der Waals surface area contributed by atoms with E-state index in [1.165, 1.54) is 0 Å². The van der Waals surface area contributed by atoms with Crippen LogP contribution in [0.1, 0.15) is 32.1 Å². The highest BCUT2D eigenvalue weighted by Gasteiger charge is 2.45. The summed E-state index contributed by atoms with van der Waals surface area (Å²) in [5, 5.41) is 3.98. The number of fused-ring (bicyclic) bond motifs is 1. The first-order valence-corrected chi connectivity index (χ1v) is 10.9. The van der Waals surface area contributed by atoms with E-state index in [-0.39, 0.29) is 34.8 Å². The van der Waals surface area contributed by atoms with Gasteiger partial charge in [-0.15, -0.1) is 5.06 Å². The summed E-state index contributed by atoms with van der Waals surface area (Å²) in [4.78, 5) is 51.1. The van der Waals surface area contributed by atoms with Crippen LogP contribution in [0.25, 0.3) is 0 Å². The number of hydrogen-bond acceptors (Lipinski definition) is 9. The van der Waals surface area contributed by atoms with Gasteiger partial charge in [0.05, 0.1) is 18.5 Å². The number of amides is 4. The maximum absolute atomic E-state index is 11.8. The van der Waals surface area contributed by atoms with Crippen LogP contribution in [0, 0.1) is 0 Å². The SMILES string of the molecule is O=C1NC2CSC(CCCCC(=O)ON3C(=O)CC(S(=O)(=O)[O-])C3=O)C2N1. The molecule has 3 aliphatic rings. The van der Waals surface area contributed by atoms with Crippen molar-refractivity contribution in [3.63, 3.8) is 0 Å². The van der Waals surface area contributed by atoms with Crippen molar-refractivity contribution in [3.05, 3.63) is 0 Å². The van der Waals surface area contributed by atoms with Gasteiger partial charge in [0.15, 0.2) is 0 Å². The molecule has 27 heavy (non-hydrogen) atoms. The second kappa shape index (κ2) is 7.64. The van der Waals surface area contributed by atoms with Crippen LogP contribution in [0.15, 0.2) is 0 Å². The van der Waals surface area contributed by atoms with Gasteiger partial charge in [-0.3, -0.25) is 9.59 Å². The van der Waals surface area contributed by atoms with E-state index in [0.29, 0.717) is 12.8 Å². The normalized spacial score (nSPS) is 30.3. The van der Waals surface area contributed by atoms with Crippen LogP contribution >= 0.6 is 11.8 Å². The fraction of sp³-hybridized carbons (Fsp3) is 0.714. The third kappa shape index (κ3) is 4.35. The predicted molar refractivity (Wildman–Crippen MR) is 90.0 cm³/mol. The molecule has 0 aliphatic carbocycles. The molecular formula is C14H18N3O8S2-. The Bertz CT molecular complexity index is 770. The van der Waals surface area contributed by atoms with Crippen molar-refractivity contribution >= 4 is 45.7 Å². The first-order chi connectivity index (χ1) is 12.7. The number of carbonyl (C=O) groups is 4. The summed E-state index contributed by atoms with van der Waals surface area (Å²) in [5.74, 6) is -2.38. The van der Waals surface area contributed by atoms with E-state index in [0.717, 1.165) is 12.2 Å². The smallest absolute Gasteiger partial charge is 0.333 e. The molecule has 4 amide bonds. The third-order valence-electron chi connectivity index (χ3n) is 4.66. The number of urea groups is 1. The van der Waals surface area contributed by atoms with Gasteiger partial charge in [-0.05, 0) is 12.8 Å². The highest BCUT2D eigenvalue weighted by atomic mass is 32.2. The van der Waals surface area contributed by atoms with Crippen LogP contribution in [-0.2, 0) is 29.3 Å². The standard InChI is InChI=1S/C14H19N3O8S2/c18-10-5-9(27(22,23)24)13(20)17(10)25-11(19)4-2-1-3-8-12-7(6-26-8)15-14(21)16-12/h7-9,12H,1-6H2,(H2,15,16,21)(H,22,23,24)/p-1. The van der Waals surface area contributed by atoms with E-state index in [9.17, 15) is 32.1 Å². The molecule has 0 aromatic carbocycles. The van der Waals surface area contributed by atoms with Crippen LogP contribution in [0.5, 0.6) is 0 Å². The Balaban J connectivity index is 1.40. The van der Waals surface area contributed by atoms with Crippen LogP contribution in [-0.4, -0.2) is 70.2 Å². The quantitative estimate of drug-likeness (QED) is 0.224. The van der Waals surface area contributed by atoms with E-state index < -0.39 is 39.6 Å². The lowest BCUT2D eigenvalue weighted by Gasteiger charge is -2.17.